The number of nitrogens with two attached hydrogens (primary N) is 1. The van der Waals surface area contributed by atoms with Gasteiger partial charge in [0, 0.05) is 16.1 Å². The minimum Gasteiger partial charge on any atom is -0.489 e. The lowest BCUT2D eigenvalue weighted by atomic mass is 9.93. The summed E-state index contributed by atoms with van der Waals surface area (Å²) >= 11 is 12.5. The van der Waals surface area contributed by atoms with Crippen molar-refractivity contribution in [3.63, 3.8) is 0 Å². The van der Waals surface area contributed by atoms with Crippen LogP contribution in [0.4, 0.5) is 5.82 Å². The van der Waals surface area contributed by atoms with Crippen molar-refractivity contribution in [2.45, 2.75) is 13.5 Å². The van der Waals surface area contributed by atoms with E-state index in [1.54, 1.807) is 18.2 Å². The van der Waals surface area contributed by atoms with E-state index in [1.165, 1.54) is 0 Å². The summed E-state index contributed by atoms with van der Waals surface area (Å²) < 4.78 is 5.88. The maximum absolute atomic E-state index is 9.76. The average Bonchev–Trinajstić information content (AvgIpc) is 2.80. The van der Waals surface area contributed by atoms with Gasteiger partial charge in [-0.25, -0.2) is 4.98 Å². The molecule has 3 aromatic carbocycles. The van der Waals surface area contributed by atoms with Crippen LogP contribution in [0.1, 0.15) is 16.7 Å². The molecule has 0 saturated carbocycles. The van der Waals surface area contributed by atoms with E-state index >= 15 is 0 Å². The molecule has 1 heterocycles. The molecule has 0 atom stereocenters. The summed E-state index contributed by atoms with van der Waals surface area (Å²) in [6, 6.07) is 24.9. The second-order valence-corrected chi connectivity index (χ2v) is 8.10. The molecule has 0 aliphatic rings. The Kier molecular flexibility index (Phi) is 6.32. The van der Waals surface area contributed by atoms with Crippen LogP contribution < -0.4 is 10.5 Å². The van der Waals surface area contributed by atoms with Gasteiger partial charge in [-0.05, 0) is 53.9 Å². The van der Waals surface area contributed by atoms with Crippen molar-refractivity contribution in [2.75, 3.05) is 5.73 Å². The lowest BCUT2D eigenvalue weighted by molar-refractivity contribution is 0.306. The lowest BCUT2D eigenvalue weighted by Gasteiger charge is -2.16. The minimum absolute atomic E-state index is 0.151. The van der Waals surface area contributed by atoms with E-state index < -0.39 is 0 Å². The summed E-state index contributed by atoms with van der Waals surface area (Å²) in [5.41, 5.74) is 11.3. The first-order valence-electron chi connectivity index (χ1n) is 9.90. The number of anilines is 1. The molecular formula is C26H19Cl2N3O. The highest BCUT2D eigenvalue weighted by Crippen LogP contribution is 2.39. The van der Waals surface area contributed by atoms with Crippen molar-refractivity contribution in [3.8, 4) is 34.2 Å². The third kappa shape index (κ3) is 4.40. The number of nitrogen functional groups attached to an aromatic ring is 1. The Hall–Kier alpha value is -3.52. The van der Waals surface area contributed by atoms with Gasteiger partial charge < -0.3 is 10.5 Å². The average molecular weight is 460 g/mol. The SMILES string of the molecule is Cc1c(-c2ccc(Cl)cc2Cl)nc(N)c(C#N)c1-c1ccc(OCc2ccccc2)cc1. The van der Waals surface area contributed by atoms with Gasteiger partial charge in [-0.3, -0.25) is 0 Å². The van der Waals surface area contributed by atoms with Gasteiger partial charge in [-0.15, -0.1) is 0 Å². The van der Waals surface area contributed by atoms with Gasteiger partial charge in [-0.1, -0.05) is 65.7 Å². The molecule has 4 aromatic rings. The number of aromatic nitrogens is 1. The first-order chi connectivity index (χ1) is 15.5. The summed E-state index contributed by atoms with van der Waals surface area (Å²) in [6.45, 7) is 2.38. The number of ether oxygens (including phenoxy) is 1. The van der Waals surface area contributed by atoms with E-state index in [1.807, 2.05) is 61.5 Å². The molecule has 0 aliphatic heterocycles. The lowest BCUT2D eigenvalue weighted by Crippen LogP contribution is -2.03. The van der Waals surface area contributed by atoms with Crippen LogP contribution in [0.5, 0.6) is 5.75 Å². The van der Waals surface area contributed by atoms with E-state index in [0.29, 0.717) is 33.5 Å². The zero-order valence-corrected chi connectivity index (χ0v) is 18.8. The van der Waals surface area contributed by atoms with Crippen molar-refractivity contribution >= 4 is 29.0 Å². The van der Waals surface area contributed by atoms with Gasteiger partial charge >= 0.3 is 0 Å². The van der Waals surface area contributed by atoms with Crippen molar-refractivity contribution in [3.05, 3.63) is 99.5 Å². The third-order valence-corrected chi connectivity index (χ3v) is 5.71. The number of halogens is 2. The molecule has 0 saturated heterocycles. The number of nitriles is 1. The van der Waals surface area contributed by atoms with E-state index in [4.69, 9.17) is 33.7 Å². The highest BCUT2D eigenvalue weighted by atomic mass is 35.5. The van der Waals surface area contributed by atoms with Crippen LogP contribution in [-0.2, 0) is 6.61 Å². The molecule has 0 radical (unpaired) electrons. The topological polar surface area (TPSA) is 71.9 Å². The fraction of sp³-hybridized carbons (Fsp3) is 0.0769. The quantitative estimate of drug-likeness (QED) is 0.346. The second kappa shape index (κ2) is 9.32. The fourth-order valence-corrected chi connectivity index (χ4v) is 4.07. The first kappa shape index (κ1) is 21.7. The standard InChI is InChI=1S/C26H19Cl2N3O/c1-16-24(18-7-10-20(11-8-18)32-15-17-5-3-2-4-6-17)22(14-29)26(30)31-25(16)21-12-9-19(27)13-23(21)28/h2-13H,15H2,1H3,(H2,30,31). The molecule has 0 bridgehead atoms. The van der Waals surface area contributed by atoms with E-state index in [9.17, 15) is 5.26 Å². The molecule has 2 N–H and O–H groups in total. The first-order valence-corrected chi connectivity index (χ1v) is 10.7. The van der Waals surface area contributed by atoms with Crippen LogP contribution in [0.15, 0.2) is 72.8 Å². The second-order valence-electron chi connectivity index (χ2n) is 7.26. The minimum atomic E-state index is 0.151. The van der Waals surface area contributed by atoms with Gasteiger partial charge in [0.05, 0.1) is 10.7 Å². The summed E-state index contributed by atoms with van der Waals surface area (Å²) in [4.78, 5) is 4.47. The van der Waals surface area contributed by atoms with Gasteiger partial charge in [0.2, 0.25) is 0 Å². The molecule has 0 aliphatic carbocycles. The van der Waals surface area contributed by atoms with E-state index in [0.717, 1.165) is 28.0 Å². The summed E-state index contributed by atoms with van der Waals surface area (Å²) in [6.07, 6.45) is 0. The van der Waals surface area contributed by atoms with E-state index in [-0.39, 0.29) is 5.82 Å². The maximum Gasteiger partial charge on any atom is 0.142 e. The van der Waals surface area contributed by atoms with Crippen LogP contribution in [0.25, 0.3) is 22.4 Å². The highest BCUT2D eigenvalue weighted by Gasteiger charge is 2.19. The van der Waals surface area contributed by atoms with Gasteiger partial charge in [0.15, 0.2) is 0 Å². The number of benzene rings is 3. The normalized spacial score (nSPS) is 10.6. The largest absolute Gasteiger partial charge is 0.489 e. The predicted molar refractivity (Wildman–Crippen MR) is 130 cm³/mol. The number of pyridine rings is 1. The Labute approximate surface area is 196 Å². The fourth-order valence-electron chi connectivity index (χ4n) is 3.57. The smallest absolute Gasteiger partial charge is 0.142 e. The Morgan fingerprint density at radius 3 is 2.38 bits per heavy atom. The van der Waals surface area contributed by atoms with Crippen LogP contribution in [-0.4, -0.2) is 4.98 Å². The molecule has 4 nitrogen and oxygen atoms in total. The Balaban J connectivity index is 1.72. The zero-order valence-electron chi connectivity index (χ0n) is 17.3. The van der Waals surface area contributed by atoms with Crippen molar-refractivity contribution < 1.29 is 4.74 Å². The van der Waals surface area contributed by atoms with Gasteiger partial charge in [-0.2, -0.15) is 5.26 Å². The summed E-state index contributed by atoms with van der Waals surface area (Å²) in [5.74, 6) is 0.885. The van der Waals surface area contributed by atoms with Crippen LogP contribution in [0.3, 0.4) is 0 Å². The molecule has 32 heavy (non-hydrogen) atoms. The molecule has 0 amide bonds. The molecule has 1 aromatic heterocycles. The zero-order chi connectivity index (χ0) is 22.7. The van der Waals surface area contributed by atoms with E-state index in [2.05, 4.69) is 11.1 Å². The maximum atomic E-state index is 9.76. The summed E-state index contributed by atoms with van der Waals surface area (Å²) in [5, 5.41) is 10.8. The summed E-state index contributed by atoms with van der Waals surface area (Å²) in [7, 11) is 0. The molecule has 6 heteroatoms. The predicted octanol–water partition coefficient (Wildman–Crippen LogP) is 7.06. The van der Waals surface area contributed by atoms with Gasteiger partial charge in [0.1, 0.15) is 29.8 Å². The van der Waals surface area contributed by atoms with Crippen molar-refractivity contribution in [1.82, 2.24) is 4.98 Å². The van der Waals surface area contributed by atoms with Crippen molar-refractivity contribution in [1.29, 1.82) is 5.26 Å². The molecule has 0 spiro atoms. The third-order valence-electron chi connectivity index (χ3n) is 5.16. The number of nitrogens with zero attached hydrogens (tertiary/aromatic N) is 2. The highest BCUT2D eigenvalue weighted by molar-refractivity contribution is 6.36. The Morgan fingerprint density at radius 2 is 1.72 bits per heavy atom. The van der Waals surface area contributed by atoms with Crippen LogP contribution in [0, 0.1) is 18.3 Å². The van der Waals surface area contributed by atoms with Crippen LogP contribution >= 0.6 is 23.2 Å². The Bertz CT molecular complexity index is 1310. The molecule has 0 fully saturated rings. The van der Waals surface area contributed by atoms with Crippen molar-refractivity contribution in [2.24, 2.45) is 0 Å². The molecule has 158 valence electrons. The number of hydrogen-bond acceptors (Lipinski definition) is 4. The van der Waals surface area contributed by atoms with Crippen LogP contribution in [0.2, 0.25) is 10.0 Å². The monoisotopic (exact) mass is 459 g/mol. The number of hydrogen-bond donors (Lipinski definition) is 1. The number of rotatable bonds is 5. The van der Waals surface area contributed by atoms with Gasteiger partial charge in [0.25, 0.3) is 0 Å². The molecule has 4 rings (SSSR count). The Morgan fingerprint density at radius 1 is 1.00 bits per heavy atom. The molecular weight excluding hydrogens is 441 g/mol. The molecule has 0 unspecified atom stereocenters.